The molecule has 0 amide bonds. The van der Waals surface area contributed by atoms with Crippen LogP contribution in [0.4, 0.5) is 4.39 Å². The van der Waals surface area contributed by atoms with Gasteiger partial charge in [-0.15, -0.1) is 0 Å². The van der Waals surface area contributed by atoms with Gasteiger partial charge in [-0.3, -0.25) is 9.59 Å². The number of nitrogens with two attached hydrogens (primary N) is 1. The first-order valence-corrected chi connectivity index (χ1v) is 5.49. The fraction of sp³-hybridized carbons (Fsp3) is 0.385. The number of rotatable bonds is 4. The minimum absolute atomic E-state index is 0.106. The zero-order chi connectivity index (χ0) is 13.9. The molecule has 1 aromatic rings. The van der Waals surface area contributed by atoms with Crippen molar-refractivity contribution in [3.63, 3.8) is 0 Å². The third kappa shape index (κ3) is 3.13. The Bertz CT molecular complexity index is 471. The molecule has 0 aromatic heterocycles. The summed E-state index contributed by atoms with van der Waals surface area (Å²) in [5, 5.41) is 0. The fourth-order valence-electron chi connectivity index (χ4n) is 1.58. The van der Waals surface area contributed by atoms with Crippen molar-refractivity contribution in [3.8, 4) is 0 Å². The molecule has 2 N–H and O–H groups in total. The maximum atomic E-state index is 13.5. The molecule has 0 radical (unpaired) electrons. The molecule has 0 fully saturated rings. The number of carbonyl (C=O) groups is 2. The average Bonchev–Trinajstić information content (AvgIpc) is 2.26. The van der Waals surface area contributed by atoms with Crippen LogP contribution < -0.4 is 5.73 Å². The molecule has 0 saturated heterocycles. The standard InChI is InChI=1S/C13H16FNO3/c1-8(16)18-13(2,3)12(15)11(17)9-6-4-5-7-10(9)14/h4-7,12H,15H2,1-3H3. The Morgan fingerprint density at radius 2 is 1.89 bits per heavy atom. The van der Waals surface area contributed by atoms with Gasteiger partial charge in [0, 0.05) is 6.92 Å². The second-order valence-corrected chi connectivity index (χ2v) is 4.52. The first-order valence-electron chi connectivity index (χ1n) is 5.49. The number of hydrogen-bond donors (Lipinski definition) is 1. The molecule has 0 saturated carbocycles. The van der Waals surface area contributed by atoms with E-state index in [0.29, 0.717) is 0 Å². The molecule has 1 unspecified atom stereocenters. The molecular weight excluding hydrogens is 237 g/mol. The Morgan fingerprint density at radius 3 is 2.39 bits per heavy atom. The molecule has 0 heterocycles. The molecule has 0 bridgehead atoms. The summed E-state index contributed by atoms with van der Waals surface area (Å²) in [6, 6.07) is 4.43. The average molecular weight is 253 g/mol. The molecule has 0 aliphatic heterocycles. The van der Waals surface area contributed by atoms with Crippen molar-refractivity contribution in [1.29, 1.82) is 0 Å². The van der Waals surface area contributed by atoms with E-state index in [1.807, 2.05) is 0 Å². The van der Waals surface area contributed by atoms with E-state index in [1.165, 1.54) is 39.0 Å². The van der Waals surface area contributed by atoms with Crippen LogP contribution in [0.2, 0.25) is 0 Å². The second-order valence-electron chi connectivity index (χ2n) is 4.52. The number of Topliss-reactive ketones (excluding diaryl/α,β-unsaturated/α-hetero) is 1. The number of halogens is 1. The Kier molecular flexibility index (Phi) is 4.19. The monoisotopic (exact) mass is 253 g/mol. The van der Waals surface area contributed by atoms with E-state index in [4.69, 9.17) is 10.5 Å². The van der Waals surface area contributed by atoms with Gasteiger partial charge in [-0.2, -0.15) is 0 Å². The fourth-order valence-corrected chi connectivity index (χ4v) is 1.58. The van der Waals surface area contributed by atoms with E-state index in [9.17, 15) is 14.0 Å². The lowest BCUT2D eigenvalue weighted by molar-refractivity contribution is -0.154. The van der Waals surface area contributed by atoms with Crippen LogP contribution in [-0.2, 0) is 9.53 Å². The van der Waals surface area contributed by atoms with E-state index in [0.717, 1.165) is 0 Å². The van der Waals surface area contributed by atoms with Crippen LogP contribution in [0, 0.1) is 5.82 Å². The van der Waals surface area contributed by atoms with E-state index in [-0.39, 0.29) is 5.56 Å². The Labute approximate surface area is 105 Å². The van der Waals surface area contributed by atoms with Gasteiger partial charge in [-0.1, -0.05) is 12.1 Å². The second kappa shape index (κ2) is 5.27. The van der Waals surface area contributed by atoms with Crippen molar-refractivity contribution >= 4 is 11.8 Å². The van der Waals surface area contributed by atoms with Crippen molar-refractivity contribution in [1.82, 2.24) is 0 Å². The van der Waals surface area contributed by atoms with Gasteiger partial charge in [0.15, 0.2) is 5.78 Å². The molecule has 4 nitrogen and oxygen atoms in total. The number of esters is 1. The van der Waals surface area contributed by atoms with Crippen LogP contribution in [-0.4, -0.2) is 23.4 Å². The Balaban J connectivity index is 2.97. The summed E-state index contributed by atoms with van der Waals surface area (Å²) in [5.74, 6) is -1.78. The van der Waals surface area contributed by atoms with Crippen LogP contribution in [0.15, 0.2) is 24.3 Å². The summed E-state index contributed by atoms with van der Waals surface area (Å²) < 4.78 is 18.4. The Morgan fingerprint density at radius 1 is 1.33 bits per heavy atom. The summed E-state index contributed by atoms with van der Waals surface area (Å²) in [6.45, 7) is 4.25. The highest BCUT2D eigenvalue weighted by atomic mass is 19.1. The minimum Gasteiger partial charge on any atom is -0.458 e. The lowest BCUT2D eigenvalue weighted by atomic mass is 9.91. The van der Waals surface area contributed by atoms with Crippen LogP contribution in [0.3, 0.4) is 0 Å². The van der Waals surface area contributed by atoms with Crippen molar-refractivity contribution < 1.29 is 18.7 Å². The van der Waals surface area contributed by atoms with Crippen molar-refractivity contribution in [2.75, 3.05) is 0 Å². The molecule has 1 rings (SSSR count). The molecule has 18 heavy (non-hydrogen) atoms. The zero-order valence-corrected chi connectivity index (χ0v) is 10.6. The molecular formula is C13H16FNO3. The van der Waals surface area contributed by atoms with Crippen molar-refractivity contribution in [3.05, 3.63) is 35.6 Å². The van der Waals surface area contributed by atoms with Gasteiger partial charge in [0.2, 0.25) is 0 Å². The zero-order valence-electron chi connectivity index (χ0n) is 10.6. The first kappa shape index (κ1) is 14.3. The summed E-state index contributed by atoms with van der Waals surface area (Å²) in [6.07, 6.45) is 0. The molecule has 1 aromatic carbocycles. The van der Waals surface area contributed by atoms with Crippen LogP contribution in [0.25, 0.3) is 0 Å². The van der Waals surface area contributed by atoms with E-state index in [2.05, 4.69) is 0 Å². The topological polar surface area (TPSA) is 69.4 Å². The number of benzene rings is 1. The van der Waals surface area contributed by atoms with E-state index in [1.54, 1.807) is 6.07 Å². The Hall–Kier alpha value is -1.75. The molecule has 0 aliphatic rings. The van der Waals surface area contributed by atoms with Crippen LogP contribution in [0.1, 0.15) is 31.1 Å². The number of carbonyl (C=O) groups excluding carboxylic acids is 2. The normalized spacial score (nSPS) is 12.9. The molecule has 0 aliphatic carbocycles. The van der Waals surface area contributed by atoms with Crippen LogP contribution >= 0.6 is 0 Å². The highest BCUT2D eigenvalue weighted by Gasteiger charge is 2.36. The van der Waals surface area contributed by atoms with Gasteiger partial charge in [-0.05, 0) is 26.0 Å². The molecule has 98 valence electrons. The largest absolute Gasteiger partial charge is 0.458 e. The predicted molar refractivity (Wildman–Crippen MR) is 64.6 cm³/mol. The van der Waals surface area contributed by atoms with Crippen molar-refractivity contribution in [2.24, 2.45) is 5.73 Å². The van der Waals surface area contributed by atoms with Crippen molar-refractivity contribution in [2.45, 2.75) is 32.4 Å². The van der Waals surface area contributed by atoms with Gasteiger partial charge in [0.25, 0.3) is 0 Å². The first-order chi connectivity index (χ1) is 8.25. The van der Waals surface area contributed by atoms with Gasteiger partial charge < -0.3 is 10.5 Å². The summed E-state index contributed by atoms with van der Waals surface area (Å²) in [5.41, 5.74) is 4.46. The SMILES string of the molecule is CC(=O)OC(C)(C)C(N)C(=O)c1ccccc1F. The number of ether oxygens (including phenoxy) is 1. The lowest BCUT2D eigenvalue weighted by Gasteiger charge is -2.29. The van der Waals surface area contributed by atoms with Gasteiger partial charge in [-0.25, -0.2) is 4.39 Å². The van der Waals surface area contributed by atoms with Gasteiger partial charge in [0.05, 0.1) is 5.56 Å². The maximum absolute atomic E-state index is 13.5. The summed E-state index contributed by atoms with van der Waals surface area (Å²) in [7, 11) is 0. The van der Waals surface area contributed by atoms with E-state index < -0.39 is 29.2 Å². The highest BCUT2D eigenvalue weighted by Crippen LogP contribution is 2.19. The molecule has 1 atom stereocenters. The third-order valence-corrected chi connectivity index (χ3v) is 2.58. The highest BCUT2D eigenvalue weighted by molar-refractivity contribution is 6.01. The predicted octanol–water partition coefficient (Wildman–Crippen LogP) is 1.68. The number of ketones is 1. The van der Waals surface area contributed by atoms with Gasteiger partial charge >= 0.3 is 5.97 Å². The van der Waals surface area contributed by atoms with Gasteiger partial charge in [0.1, 0.15) is 17.5 Å². The quantitative estimate of drug-likeness (QED) is 0.654. The third-order valence-electron chi connectivity index (χ3n) is 2.58. The minimum atomic E-state index is -1.19. The summed E-state index contributed by atoms with van der Waals surface area (Å²) in [4.78, 5) is 23.0. The maximum Gasteiger partial charge on any atom is 0.303 e. The summed E-state index contributed by atoms with van der Waals surface area (Å²) >= 11 is 0. The number of hydrogen-bond acceptors (Lipinski definition) is 4. The molecule has 5 heteroatoms. The smallest absolute Gasteiger partial charge is 0.303 e. The van der Waals surface area contributed by atoms with E-state index >= 15 is 0 Å². The van der Waals surface area contributed by atoms with Crippen LogP contribution in [0.5, 0.6) is 0 Å². The molecule has 0 spiro atoms. The lowest BCUT2D eigenvalue weighted by Crippen LogP contribution is -2.51.